The molecule has 2 atom stereocenters. The van der Waals surface area contributed by atoms with Crippen molar-refractivity contribution in [1.82, 2.24) is 15.3 Å². The summed E-state index contributed by atoms with van der Waals surface area (Å²) in [5, 5.41) is 3.46. The number of nitrogens with zero attached hydrogens (tertiary/aromatic N) is 2. The van der Waals surface area contributed by atoms with Crippen LogP contribution in [0.15, 0.2) is 18.6 Å². The molecule has 1 aromatic heterocycles. The number of rotatable bonds is 5. The van der Waals surface area contributed by atoms with Gasteiger partial charge in [-0.2, -0.15) is 0 Å². The van der Waals surface area contributed by atoms with Crippen LogP contribution in [0.25, 0.3) is 0 Å². The maximum atomic E-state index is 4.40. The molecule has 1 rings (SSSR count). The molecule has 0 aliphatic rings. The van der Waals surface area contributed by atoms with Crippen molar-refractivity contribution in [2.75, 3.05) is 6.54 Å². The fourth-order valence-corrected chi connectivity index (χ4v) is 2.11. The molecule has 0 radical (unpaired) electrons. The molecule has 2 unspecified atom stereocenters. The molecule has 3 nitrogen and oxygen atoms in total. The summed E-state index contributed by atoms with van der Waals surface area (Å²) < 4.78 is 0. The van der Waals surface area contributed by atoms with Crippen LogP contribution >= 0.6 is 0 Å². The normalized spacial score (nSPS) is 15.3. The first-order valence-electron chi connectivity index (χ1n) is 5.66. The van der Waals surface area contributed by atoms with E-state index in [9.17, 15) is 0 Å². The molecule has 84 valence electrons. The summed E-state index contributed by atoms with van der Waals surface area (Å²) in [6.45, 7) is 9.79. The highest BCUT2D eigenvalue weighted by molar-refractivity contribution is 5.07. The molecule has 0 spiro atoms. The number of nitrogens with one attached hydrogen (secondary N) is 1. The van der Waals surface area contributed by atoms with Gasteiger partial charge in [-0.3, -0.25) is 9.97 Å². The molecule has 0 aliphatic carbocycles. The minimum Gasteiger partial charge on any atom is -0.314 e. The summed E-state index contributed by atoms with van der Waals surface area (Å²) in [5.74, 6) is 0.995. The number of hydrogen-bond acceptors (Lipinski definition) is 3. The zero-order valence-electron chi connectivity index (χ0n) is 10.1. The predicted octanol–water partition coefficient (Wildman–Crippen LogP) is 2.21. The summed E-state index contributed by atoms with van der Waals surface area (Å²) in [7, 11) is 0. The lowest BCUT2D eigenvalue weighted by Crippen LogP contribution is -2.35. The third kappa shape index (κ3) is 3.27. The van der Waals surface area contributed by atoms with Crippen molar-refractivity contribution in [1.29, 1.82) is 0 Å². The van der Waals surface area contributed by atoms with E-state index in [0.29, 0.717) is 17.9 Å². The topological polar surface area (TPSA) is 37.8 Å². The maximum absolute atomic E-state index is 4.40. The van der Waals surface area contributed by atoms with Gasteiger partial charge in [0.05, 0.1) is 5.69 Å². The zero-order chi connectivity index (χ0) is 11.3. The molecule has 1 aromatic rings. The minimum atomic E-state index is 0.429. The third-order valence-corrected chi connectivity index (χ3v) is 2.71. The van der Waals surface area contributed by atoms with E-state index in [2.05, 4.69) is 43.0 Å². The molecule has 15 heavy (non-hydrogen) atoms. The summed E-state index contributed by atoms with van der Waals surface area (Å²) in [4.78, 5) is 8.54. The van der Waals surface area contributed by atoms with Crippen molar-refractivity contribution >= 4 is 0 Å². The Labute approximate surface area is 92.3 Å². The van der Waals surface area contributed by atoms with E-state index < -0.39 is 0 Å². The molecule has 0 amide bonds. The van der Waals surface area contributed by atoms with Gasteiger partial charge in [-0.25, -0.2) is 0 Å². The molecule has 0 saturated heterocycles. The van der Waals surface area contributed by atoms with Gasteiger partial charge >= 0.3 is 0 Å². The lowest BCUT2D eigenvalue weighted by molar-refractivity contribution is 0.375. The average molecular weight is 207 g/mol. The highest BCUT2D eigenvalue weighted by atomic mass is 14.9. The van der Waals surface area contributed by atoms with Gasteiger partial charge in [-0.1, -0.05) is 20.8 Å². The van der Waals surface area contributed by atoms with E-state index in [1.54, 1.807) is 12.4 Å². The Morgan fingerprint density at radius 1 is 1.27 bits per heavy atom. The molecule has 0 saturated carbocycles. The van der Waals surface area contributed by atoms with Crippen molar-refractivity contribution < 1.29 is 0 Å². The van der Waals surface area contributed by atoms with Crippen LogP contribution in [0.5, 0.6) is 0 Å². The minimum absolute atomic E-state index is 0.429. The molecular formula is C12H21N3. The van der Waals surface area contributed by atoms with Crippen LogP contribution < -0.4 is 5.32 Å². The summed E-state index contributed by atoms with van der Waals surface area (Å²) >= 11 is 0. The van der Waals surface area contributed by atoms with Crippen LogP contribution in [0.4, 0.5) is 0 Å². The van der Waals surface area contributed by atoms with Crippen LogP contribution in [0.2, 0.25) is 0 Å². The number of likely N-dealkylation sites (N-methyl/N-ethyl adjacent to an activating group) is 1. The summed E-state index contributed by atoms with van der Waals surface area (Å²) in [6.07, 6.45) is 5.36. The lowest BCUT2D eigenvalue weighted by atomic mass is 9.86. The molecule has 0 fully saturated rings. The van der Waals surface area contributed by atoms with Gasteiger partial charge in [-0.15, -0.1) is 0 Å². The second kappa shape index (κ2) is 5.81. The Balaban J connectivity index is 2.83. The van der Waals surface area contributed by atoms with Crippen molar-refractivity contribution in [3.05, 3.63) is 24.3 Å². The Hall–Kier alpha value is -0.960. The lowest BCUT2D eigenvalue weighted by Gasteiger charge is -2.27. The molecule has 1 N–H and O–H groups in total. The quantitative estimate of drug-likeness (QED) is 0.804. The van der Waals surface area contributed by atoms with Crippen LogP contribution in [-0.2, 0) is 0 Å². The molecule has 0 aliphatic heterocycles. The number of hydrogen-bond donors (Lipinski definition) is 1. The van der Waals surface area contributed by atoms with Crippen molar-refractivity contribution in [3.8, 4) is 0 Å². The average Bonchev–Trinajstić information content (AvgIpc) is 2.19. The first-order chi connectivity index (χ1) is 7.16. The third-order valence-electron chi connectivity index (χ3n) is 2.71. The van der Waals surface area contributed by atoms with Gasteiger partial charge in [-0.05, 0) is 19.4 Å². The standard InChI is InChI=1S/C12H21N3/c1-5-14-10(4)12(9(2)3)11-8-13-6-7-15-11/h6-10,12,14H,5H2,1-4H3. The Kier molecular flexibility index (Phi) is 4.69. The van der Waals surface area contributed by atoms with Crippen LogP contribution in [0, 0.1) is 5.92 Å². The molecule has 0 bridgehead atoms. The van der Waals surface area contributed by atoms with Crippen LogP contribution in [0.1, 0.15) is 39.3 Å². The molecule has 0 aromatic carbocycles. The Morgan fingerprint density at radius 3 is 2.47 bits per heavy atom. The zero-order valence-corrected chi connectivity index (χ0v) is 10.1. The van der Waals surface area contributed by atoms with Crippen LogP contribution in [0.3, 0.4) is 0 Å². The molecule has 3 heteroatoms. The number of aromatic nitrogens is 2. The van der Waals surface area contributed by atoms with Gasteiger partial charge in [0.2, 0.25) is 0 Å². The van der Waals surface area contributed by atoms with Crippen molar-refractivity contribution in [3.63, 3.8) is 0 Å². The maximum Gasteiger partial charge on any atom is 0.0635 e. The largest absolute Gasteiger partial charge is 0.314 e. The highest BCUT2D eigenvalue weighted by Crippen LogP contribution is 2.25. The molecular weight excluding hydrogens is 186 g/mol. The smallest absolute Gasteiger partial charge is 0.0635 e. The van der Waals surface area contributed by atoms with E-state index in [1.165, 1.54) is 0 Å². The summed E-state index contributed by atoms with van der Waals surface area (Å²) in [6, 6.07) is 0.437. The SMILES string of the molecule is CCNC(C)C(c1cnccn1)C(C)C. The highest BCUT2D eigenvalue weighted by Gasteiger charge is 2.23. The molecule has 1 heterocycles. The van der Waals surface area contributed by atoms with Gasteiger partial charge < -0.3 is 5.32 Å². The predicted molar refractivity (Wildman–Crippen MR) is 62.7 cm³/mol. The fraction of sp³-hybridized carbons (Fsp3) is 0.667. The van der Waals surface area contributed by atoms with E-state index in [4.69, 9.17) is 0 Å². The second-order valence-electron chi connectivity index (χ2n) is 4.25. The summed E-state index contributed by atoms with van der Waals surface area (Å²) in [5.41, 5.74) is 1.08. The first-order valence-corrected chi connectivity index (χ1v) is 5.66. The fourth-order valence-electron chi connectivity index (χ4n) is 2.11. The monoisotopic (exact) mass is 207 g/mol. The van der Waals surface area contributed by atoms with E-state index >= 15 is 0 Å². The van der Waals surface area contributed by atoms with Gasteiger partial charge in [0.15, 0.2) is 0 Å². The van der Waals surface area contributed by atoms with E-state index in [-0.39, 0.29) is 0 Å². The van der Waals surface area contributed by atoms with Gasteiger partial charge in [0.25, 0.3) is 0 Å². The van der Waals surface area contributed by atoms with Crippen LogP contribution in [-0.4, -0.2) is 22.6 Å². The van der Waals surface area contributed by atoms with E-state index in [1.807, 2.05) is 6.20 Å². The van der Waals surface area contributed by atoms with Gasteiger partial charge in [0, 0.05) is 30.6 Å². The van der Waals surface area contributed by atoms with Crippen molar-refractivity contribution in [2.45, 2.75) is 39.7 Å². The first kappa shape index (κ1) is 12.1. The second-order valence-corrected chi connectivity index (χ2v) is 4.25. The Morgan fingerprint density at radius 2 is 2.00 bits per heavy atom. The van der Waals surface area contributed by atoms with Gasteiger partial charge in [0.1, 0.15) is 0 Å². The van der Waals surface area contributed by atoms with Crippen molar-refractivity contribution in [2.24, 2.45) is 5.92 Å². The van der Waals surface area contributed by atoms with E-state index in [0.717, 1.165) is 12.2 Å². The Bertz CT molecular complexity index is 271.